The summed E-state index contributed by atoms with van der Waals surface area (Å²) in [6, 6.07) is 26.9. The van der Waals surface area contributed by atoms with Gasteiger partial charge in [0.25, 0.3) is 0 Å². The summed E-state index contributed by atoms with van der Waals surface area (Å²) in [5, 5.41) is 2.50. The molecule has 0 radical (unpaired) electrons. The maximum Gasteiger partial charge on any atom is 0.415 e. The molecule has 2 atom stereocenters. The Morgan fingerprint density at radius 2 is 1.49 bits per heavy atom. The summed E-state index contributed by atoms with van der Waals surface area (Å²) in [5.41, 5.74) is 2.49. The van der Waals surface area contributed by atoms with Crippen LogP contribution in [0.15, 0.2) is 103 Å². The van der Waals surface area contributed by atoms with E-state index in [-0.39, 0.29) is 6.61 Å². The molecule has 9 heteroatoms. The highest BCUT2D eigenvalue weighted by molar-refractivity contribution is 5.91. The van der Waals surface area contributed by atoms with Gasteiger partial charge in [0.1, 0.15) is 36.6 Å². The summed E-state index contributed by atoms with van der Waals surface area (Å²) < 4.78 is 43.5. The van der Waals surface area contributed by atoms with Gasteiger partial charge in [-0.15, -0.1) is 0 Å². The highest BCUT2D eigenvalue weighted by Crippen LogP contribution is 2.38. The predicted molar refractivity (Wildman–Crippen MR) is 140 cm³/mol. The predicted octanol–water partition coefficient (Wildman–Crippen LogP) is 6.86. The van der Waals surface area contributed by atoms with Crippen molar-refractivity contribution in [1.29, 1.82) is 0 Å². The fourth-order valence-electron chi connectivity index (χ4n) is 4.23. The van der Waals surface area contributed by atoms with E-state index in [1.165, 1.54) is 53.4 Å². The van der Waals surface area contributed by atoms with Crippen LogP contribution in [0.3, 0.4) is 0 Å². The van der Waals surface area contributed by atoms with E-state index in [0.29, 0.717) is 29.3 Å². The summed E-state index contributed by atoms with van der Waals surface area (Å²) >= 11 is 0. The number of rotatable bonds is 8. The van der Waals surface area contributed by atoms with Crippen molar-refractivity contribution in [2.75, 3.05) is 16.8 Å². The van der Waals surface area contributed by atoms with E-state index < -0.39 is 36.0 Å². The van der Waals surface area contributed by atoms with Gasteiger partial charge in [0.2, 0.25) is 0 Å². The largest absolute Gasteiger partial charge is 0.489 e. The molecule has 0 aliphatic carbocycles. The van der Waals surface area contributed by atoms with Crippen LogP contribution in [0.5, 0.6) is 5.75 Å². The smallest absolute Gasteiger partial charge is 0.415 e. The molecule has 2 amide bonds. The Morgan fingerprint density at radius 3 is 2.15 bits per heavy atom. The molecule has 1 N–H and O–H groups in total. The van der Waals surface area contributed by atoms with E-state index in [0.717, 1.165) is 5.56 Å². The quantitative estimate of drug-likeness (QED) is 0.269. The van der Waals surface area contributed by atoms with Crippen LogP contribution in [0.1, 0.15) is 17.2 Å². The molecular formula is C30H24F2N2O5. The first-order chi connectivity index (χ1) is 19.0. The van der Waals surface area contributed by atoms with E-state index in [1.807, 2.05) is 30.3 Å². The van der Waals surface area contributed by atoms with Gasteiger partial charge in [0.15, 0.2) is 6.10 Å². The van der Waals surface area contributed by atoms with Gasteiger partial charge in [-0.2, -0.15) is 0 Å². The second-order valence-electron chi connectivity index (χ2n) is 8.79. The van der Waals surface area contributed by atoms with Gasteiger partial charge in [-0.1, -0.05) is 42.5 Å². The topological polar surface area (TPSA) is 77.1 Å². The molecule has 1 heterocycles. The minimum absolute atomic E-state index is 0.257. The maximum atomic E-state index is 13.6. The van der Waals surface area contributed by atoms with Crippen molar-refractivity contribution in [3.05, 3.63) is 126 Å². The number of carbonyl (C=O) groups excluding carboxylic acids is 2. The van der Waals surface area contributed by atoms with Crippen LogP contribution < -0.4 is 15.0 Å². The average Bonchev–Trinajstić information content (AvgIpc) is 3.29. The number of benzene rings is 4. The van der Waals surface area contributed by atoms with Gasteiger partial charge in [0.05, 0.1) is 0 Å². The van der Waals surface area contributed by atoms with Gasteiger partial charge >= 0.3 is 12.2 Å². The zero-order valence-corrected chi connectivity index (χ0v) is 20.6. The first-order valence-electron chi connectivity index (χ1n) is 12.2. The highest BCUT2D eigenvalue weighted by Gasteiger charge is 2.44. The Bertz CT molecular complexity index is 1410. The molecule has 0 unspecified atom stereocenters. The van der Waals surface area contributed by atoms with Gasteiger partial charge in [-0.3, -0.25) is 10.2 Å². The summed E-state index contributed by atoms with van der Waals surface area (Å²) in [4.78, 5) is 26.7. The first kappa shape index (κ1) is 25.7. The SMILES string of the molecule is O=C(Nc1ccc(F)cc1)OC[C@H]1OC(=O)N(c2ccc(F)cc2)[C@@H]1c1ccc(OCc2ccccc2)cc1. The van der Waals surface area contributed by atoms with E-state index in [4.69, 9.17) is 14.2 Å². The van der Waals surface area contributed by atoms with Crippen LogP contribution in [-0.4, -0.2) is 24.9 Å². The average molecular weight is 531 g/mol. The van der Waals surface area contributed by atoms with Crippen LogP contribution in [-0.2, 0) is 16.1 Å². The van der Waals surface area contributed by atoms with Gasteiger partial charge < -0.3 is 14.2 Å². The van der Waals surface area contributed by atoms with E-state index in [9.17, 15) is 18.4 Å². The Hall–Kier alpha value is -4.92. The number of hydrogen-bond acceptors (Lipinski definition) is 5. The number of hydrogen-bond donors (Lipinski definition) is 1. The van der Waals surface area contributed by atoms with Crippen LogP contribution in [0, 0.1) is 11.6 Å². The van der Waals surface area contributed by atoms with Crippen molar-refractivity contribution in [3.63, 3.8) is 0 Å². The number of nitrogens with zero attached hydrogens (tertiary/aromatic N) is 1. The summed E-state index contributed by atoms with van der Waals surface area (Å²) in [6.07, 6.45) is -2.32. The molecule has 0 aromatic heterocycles. The Labute approximate surface area is 223 Å². The van der Waals surface area contributed by atoms with Crippen LogP contribution in [0.4, 0.5) is 29.7 Å². The van der Waals surface area contributed by atoms with Gasteiger partial charge in [0, 0.05) is 11.4 Å². The monoisotopic (exact) mass is 530 g/mol. The Morgan fingerprint density at radius 1 is 0.846 bits per heavy atom. The van der Waals surface area contributed by atoms with Gasteiger partial charge in [-0.05, 0) is 71.8 Å². The first-order valence-corrected chi connectivity index (χ1v) is 12.2. The molecule has 7 nitrogen and oxygen atoms in total. The van der Waals surface area contributed by atoms with Crippen LogP contribution >= 0.6 is 0 Å². The summed E-state index contributed by atoms with van der Waals surface area (Å²) in [6.45, 7) is 0.139. The second kappa shape index (κ2) is 11.6. The minimum atomic E-state index is -0.863. The molecule has 5 rings (SSSR count). The number of carbonyl (C=O) groups is 2. The van der Waals surface area contributed by atoms with Gasteiger partial charge in [-0.25, -0.2) is 18.4 Å². The van der Waals surface area contributed by atoms with E-state index in [2.05, 4.69) is 5.32 Å². The lowest BCUT2D eigenvalue weighted by atomic mass is 10.0. The van der Waals surface area contributed by atoms with Crippen LogP contribution in [0.25, 0.3) is 0 Å². The van der Waals surface area contributed by atoms with Crippen molar-refractivity contribution < 1.29 is 32.6 Å². The maximum absolute atomic E-state index is 13.6. The molecule has 39 heavy (non-hydrogen) atoms. The van der Waals surface area contributed by atoms with Crippen LogP contribution in [0.2, 0.25) is 0 Å². The minimum Gasteiger partial charge on any atom is -0.489 e. The third-order valence-electron chi connectivity index (χ3n) is 6.12. The molecule has 1 aliphatic heterocycles. The molecule has 0 saturated carbocycles. The summed E-state index contributed by atoms with van der Waals surface area (Å²) in [7, 11) is 0. The fourth-order valence-corrected chi connectivity index (χ4v) is 4.23. The summed E-state index contributed by atoms with van der Waals surface area (Å²) in [5.74, 6) is -0.250. The number of cyclic esters (lactones) is 1. The lowest BCUT2D eigenvalue weighted by molar-refractivity contribution is 0.0684. The number of ether oxygens (including phenoxy) is 3. The number of amides is 2. The zero-order valence-electron chi connectivity index (χ0n) is 20.6. The zero-order chi connectivity index (χ0) is 27.2. The number of halogens is 2. The molecule has 4 aromatic carbocycles. The normalized spacial score (nSPS) is 16.5. The molecule has 0 spiro atoms. The Balaban J connectivity index is 1.33. The highest BCUT2D eigenvalue weighted by atomic mass is 19.1. The Kier molecular flexibility index (Phi) is 7.68. The third kappa shape index (κ3) is 6.32. The lowest BCUT2D eigenvalue weighted by Gasteiger charge is -2.25. The number of anilines is 2. The molecule has 4 aromatic rings. The molecule has 198 valence electrons. The van der Waals surface area contributed by atoms with E-state index >= 15 is 0 Å². The fraction of sp³-hybridized carbons (Fsp3) is 0.133. The second-order valence-corrected chi connectivity index (χ2v) is 8.79. The van der Waals surface area contributed by atoms with Crippen molar-refractivity contribution in [3.8, 4) is 5.75 Å². The van der Waals surface area contributed by atoms with Crippen molar-refractivity contribution in [1.82, 2.24) is 0 Å². The standard InChI is InChI=1S/C30H24F2N2O5/c31-22-8-12-24(13-9-22)33-29(35)38-19-27-28(34(30(36)39-27)25-14-10-23(32)11-15-25)21-6-16-26(17-7-21)37-18-20-4-2-1-3-5-20/h1-17,27-28H,18-19H2,(H,33,35)/t27-,28-/m1/s1. The van der Waals surface area contributed by atoms with Crippen molar-refractivity contribution in [2.24, 2.45) is 0 Å². The van der Waals surface area contributed by atoms with E-state index in [1.54, 1.807) is 24.3 Å². The molecule has 1 fully saturated rings. The molecule has 1 aliphatic rings. The number of nitrogens with one attached hydrogen (secondary N) is 1. The molecular weight excluding hydrogens is 506 g/mol. The molecule has 1 saturated heterocycles. The third-order valence-corrected chi connectivity index (χ3v) is 6.12. The lowest BCUT2D eigenvalue weighted by Crippen LogP contribution is -2.32. The van der Waals surface area contributed by atoms with Crippen molar-refractivity contribution in [2.45, 2.75) is 18.8 Å². The molecule has 0 bridgehead atoms. The van der Waals surface area contributed by atoms with Crippen molar-refractivity contribution >= 4 is 23.6 Å².